The van der Waals surface area contributed by atoms with E-state index in [0.29, 0.717) is 0 Å². The smallest absolute Gasteiger partial charge is 0.0512 e. The molecule has 1 unspecified atom stereocenters. The molecule has 0 bridgehead atoms. The Bertz CT molecular complexity index is 504. The highest BCUT2D eigenvalue weighted by molar-refractivity contribution is 5.87. The number of hydrogen-bond acceptors (Lipinski definition) is 2. The van der Waals surface area contributed by atoms with Gasteiger partial charge < -0.3 is 15.4 Å². The van der Waals surface area contributed by atoms with Crippen molar-refractivity contribution in [1.82, 2.24) is 10.3 Å². The molecule has 2 heterocycles. The third-order valence-corrected chi connectivity index (χ3v) is 3.44. The summed E-state index contributed by atoms with van der Waals surface area (Å²) >= 11 is 0. The van der Waals surface area contributed by atoms with Gasteiger partial charge in [0, 0.05) is 29.6 Å². The number of benzene rings is 1. The van der Waals surface area contributed by atoms with Crippen molar-refractivity contribution in [2.45, 2.75) is 12.3 Å². The molecular weight excluding hydrogens is 200 g/mol. The van der Waals surface area contributed by atoms with Crippen molar-refractivity contribution in [3.05, 3.63) is 35.5 Å². The molecule has 3 rings (SSSR count). The average Bonchev–Trinajstić information content (AvgIpc) is 2.70. The van der Waals surface area contributed by atoms with Gasteiger partial charge in [0.2, 0.25) is 0 Å². The van der Waals surface area contributed by atoms with E-state index in [0.717, 1.165) is 19.5 Å². The molecule has 84 valence electrons. The molecule has 1 aromatic heterocycles. The van der Waals surface area contributed by atoms with E-state index >= 15 is 0 Å². The van der Waals surface area contributed by atoms with Gasteiger partial charge in [0.25, 0.3) is 0 Å². The van der Waals surface area contributed by atoms with E-state index in [4.69, 9.17) is 0 Å². The predicted molar refractivity (Wildman–Crippen MR) is 64.7 cm³/mol. The second kappa shape index (κ2) is 3.92. The van der Waals surface area contributed by atoms with E-state index in [9.17, 15) is 5.11 Å². The highest BCUT2D eigenvalue weighted by Crippen LogP contribution is 2.29. The van der Waals surface area contributed by atoms with Crippen LogP contribution in [0, 0.1) is 0 Å². The zero-order chi connectivity index (χ0) is 11.0. The minimum absolute atomic E-state index is 0.205. The first-order chi connectivity index (χ1) is 7.90. The fourth-order valence-corrected chi connectivity index (χ4v) is 2.60. The summed E-state index contributed by atoms with van der Waals surface area (Å²) in [6.07, 6.45) is 3.14. The molecule has 1 aliphatic heterocycles. The Morgan fingerprint density at radius 3 is 3.19 bits per heavy atom. The van der Waals surface area contributed by atoms with Crippen molar-refractivity contribution >= 4 is 10.9 Å². The number of hydrogen-bond donors (Lipinski definition) is 3. The minimum atomic E-state index is 0.205. The molecule has 3 N–H and O–H groups in total. The fraction of sp³-hybridized carbons (Fsp3) is 0.385. The van der Waals surface area contributed by atoms with Crippen LogP contribution >= 0.6 is 0 Å². The standard InChI is InChI=1S/C13H16N2O/c16-8-10-6-14-5-4-9-7-15-12-3-1-2-11(10)13(9)12/h1-3,7,10,14-16H,4-6,8H2. The molecule has 0 radical (unpaired) electrons. The molecule has 0 amide bonds. The Morgan fingerprint density at radius 1 is 1.38 bits per heavy atom. The van der Waals surface area contributed by atoms with Gasteiger partial charge in [-0.05, 0) is 30.2 Å². The van der Waals surface area contributed by atoms with Crippen molar-refractivity contribution in [3.8, 4) is 0 Å². The quantitative estimate of drug-likeness (QED) is 0.674. The van der Waals surface area contributed by atoms with Crippen LogP contribution in [0.3, 0.4) is 0 Å². The molecular formula is C13H16N2O. The Balaban J connectivity index is 2.25. The summed E-state index contributed by atoms with van der Waals surface area (Å²) in [6, 6.07) is 6.29. The largest absolute Gasteiger partial charge is 0.396 e. The molecule has 0 spiro atoms. The predicted octanol–water partition coefficient (Wildman–Crippen LogP) is 1.39. The third-order valence-electron chi connectivity index (χ3n) is 3.44. The maximum Gasteiger partial charge on any atom is 0.0512 e. The fourth-order valence-electron chi connectivity index (χ4n) is 2.60. The van der Waals surface area contributed by atoms with Crippen molar-refractivity contribution in [3.63, 3.8) is 0 Å². The second-order valence-corrected chi connectivity index (χ2v) is 4.42. The topological polar surface area (TPSA) is 48.0 Å². The molecule has 0 saturated carbocycles. The number of aromatic amines is 1. The highest BCUT2D eigenvalue weighted by atomic mass is 16.3. The molecule has 0 fully saturated rings. The van der Waals surface area contributed by atoms with Crippen LogP contribution in [0.25, 0.3) is 10.9 Å². The molecule has 0 saturated heterocycles. The molecule has 3 heteroatoms. The molecule has 1 atom stereocenters. The van der Waals surface area contributed by atoms with Crippen molar-refractivity contribution in [1.29, 1.82) is 0 Å². The van der Waals surface area contributed by atoms with E-state index < -0.39 is 0 Å². The van der Waals surface area contributed by atoms with Gasteiger partial charge in [0.05, 0.1) is 6.61 Å². The second-order valence-electron chi connectivity index (χ2n) is 4.42. The molecule has 3 nitrogen and oxygen atoms in total. The van der Waals surface area contributed by atoms with Crippen LogP contribution in [0.15, 0.2) is 24.4 Å². The summed E-state index contributed by atoms with van der Waals surface area (Å²) in [5.74, 6) is 0.207. The number of aliphatic hydroxyl groups is 1. The number of H-pyrrole nitrogens is 1. The molecule has 1 aliphatic rings. The van der Waals surface area contributed by atoms with Crippen LogP contribution in [-0.4, -0.2) is 29.8 Å². The van der Waals surface area contributed by atoms with Crippen LogP contribution in [0.2, 0.25) is 0 Å². The lowest BCUT2D eigenvalue weighted by molar-refractivity contribution is 0.262. The van der Waals surface area contributed by atoms with Gasteiger partial charge in [-0.15, -0.1) is 0 Å². The first-order valence-electron chi connectivity index (χ1n) is 5.80. The Hall–Kier alpha value is -1.32. The Morgan fingerprint density at radius 2 is 2.31 bits per heavy atom. The first-order valence-corrected chi connectivity index (χ1v) is 5.80. The van der Waals surface area contributed by atoms with Crippen LogP contribution in [0.1, 0.15) is 17.0 Å². The number of nitrogens with one attached hydrogen (secondary N) is 2. The molecule has 1 aromatic carbocycles. The highest BCUT2D eigenvalue weighted by Gasteiger charge is 2.18. The third kappa shape index (κ3) is 1.44. The van der Waals surface area contributed by atoms with Gasteiger partial charge in [0.1, 0.15) is 0 Å². The average molecular weight is 216 g/mol. The maximum absolute atomic E-state index is 9.47. The number of aliphatic hydroxyl groups excluding tert-OH is 1. The minimum Gasteiger partial charge on any atom is -0.396 e. The van der Waals surface area contributed by atoms with E-state index in [1.54, 1.807) is 0 Å². The van der Waals surface area contributed by atoms with Gasteiger partial charge in [-0.1, -0.05) is 12.1 Å². The molecule has 0 aliphatic carbocycles. The van der Waals surface area contributed by atoms with Crippen molar-refractivity contribution in [2.24, 2.45) is 0 Å². The lowest BCUT2D eigenvalue weighted by Crippen LogP contribution is -2.27. The summed E-state index contributed by atoms with van der Waals surface area (Å²) in [6.45, 7) is 2.05. The summed E-state index contributed by atoms with van der Waals surface area (Å²) in [7, 11) is 0. The van der Waals surface area contributed by atoms with E-state index in [1.807, 2.05) is 0 Å². The van der Waals surface area contributed by atoms with E-state index in [1.165, 1.54) is 22.0 Å². The van der Waals surface area contributed by atoms with Gasteiger partial charge in [-0.2, -0.15) is 0 Å². The SMILES string of the molecule is OCC1CNCCc2c[nH]c3cccc1c23. The Labute approximate surface area is 94.5 Å². The van der Waals surface area contributed by atoms with Crippen LogP contribution in [-0.2, 0) is 6.42 Å². The van der Waals surface area contributed by atoms with E-state index in [2.05, 4.69) is 34.7 Å². The zero-order valence-electron chi connectivity index (χ0n) is 9.16. The van der Waals surface area contributed by atoms with Crippen LogP contribution < -0.4 is 5.32 Å². The lowest BCUT2D eigenvalue weighted by Gasteiger charge is -2.20. The first kappa shape index (κ1) is 9.87. The van der Waals surface area contributed by atoms with Crippen LogP contribution in [0.5, 0.6) is 0 Å². The summed E-state index contributed by atoms with van der Waals surface area (Å²) < 4.78 is 0. The number of aromatic nitrogens is 1. The van der Waals surface area contributed by atoms with Gasteiger partial charge >= 0.3 is 0 Å². The zero-order valence-corrected chi connectivity index (χ0v) is 9.16. The number of rotatable bonds is 1. The van der Waals surface area contributed by atoms with Gasteiger partial charge in [-0.3, -0.25) is 0 Å². The maximum atomic E-state index is 9.47. The lowest BCUT2D eigenvalue weighted by atomic mass is 9.92. The van der Waals surface area contributed by atoms with E-state index in [-0.39, 0.29) is 12.5 Å². The van der Waals surface area contributed by atoms with Crippen molar-refractivity contribution in [2.75, 3.05) is 19.7 Å². The van der Waals surface area contributed by atoms with Crippen LogP contribution in [0.4, 0.5) is 0 Å². The van der Waals surface area contributed by atoms with Crippen molar-refractivity contribution < 1.29 is 5.11 Å². The summed E-state index contributed by atoms with van der Waals surface area (Å²) in [5, 5.41) is 14.2. The normalized spacial score (nSPS) is 20.7. The molecule has 2 aromatic rings. The summed E-state index contributed by atoms with van der Waals surface area (Å²) in [5.41, 5.74) is 3.81. The van der Waals surface area contributed by atoms with Gasteiger partial charge in [0.15, 0.2) is 0 Å². The molecule has 16 heavy (non-hydrogen) atoms. The monoisotopic (exact) mass is 216 g/mol. The van der Waals surface area contributed by atoms with Gasteiger partial charge in [-0.25, -0.2) is 0 Å². The summed E-state index contributed by atoms with van der Waals surface area (Å²) in [4.78, 5) is 3.31. The Kier molecular flexibility index (Phi) is 2.42.